The highest BCUT2D eigenvalue weighted by molar-refractivity contribution is 5.14. The van der Waals surface area contributed by atoms with Crippen LogP contribution in [0.1, 0.15) is 26.7 Å². The first-order valence-corrected chi connectivity index (χ1v) is 6.23. The molecule has 0 aliphatic heterocycles. The Hall–Kier alpha value is -1.07. The smallest absolute Gasteiger partial charge is 0.157 e. The molecule has 1 N–H and O–H groups in total. The normalized spacial score (nSPS) is 27.8. The van der Waals surface area contributed by atoms with Gasteiger partial charge in [0.15, 0.2) is 5.75 Å². The van der Waals surface area contributed by atoms with Gasteiger partial charge in [0.05, 0.1) is 18.5 Å². The number of aliphatic hydroxyl groups excluding tert-OH is 1. The largest absolute Gasteiger partial charge is 0.484 e. The van der Waals surface area contributed by atoms with Crippen molar-refractivity contribution in [2.45, 2.75) is 51.5 Å². The van der Waals surface area contributed by atoms with Crippen molar-refractivity contribution < 1.29 is 14.6 Å². The fraction of sp³-hybridized carbons (Fsp3) is 0.750. The number of aliphatic hydroxyl groups is 1. The average molecular weight is 240 g/mol. The summed E-state index contributed by atoms with van der Waals surface area (Å²) in [4.78, 5) is 0. The Labute approximate surface area is 101 Å². The monoisotopic (exact) mass is 240 g/mol. The highest BCUT2D eigenvalue weighted by atomic mass is 16.6. The lowest BCUT2D eigenvalue weighted by atomic mass is 9.88. The fourth-order valence-corrected chi connectivity index (χ4v) is 2.02. The van der Waals surface area contributed by atoms with Crippen molar-refractivity contribution >= 4 is 0 Å². The Kier molecular flexibility index (Phi) is 4.02. The van der Waals surface area contributed by atoms with Crippen LogP contribution in [0.15, 0.2) is 12.4 Å². The molecular weight excluding hydrogens is 220 g/mol. The van der Waals surface area contributed by atoms with Gasteiger partial charge in [-0.05, 0) is 13.3 Å². The van der Waals surface area contributed by atoms with Gasteiger partial charge in [-0.15, -0.1) is 0 Å². The molecule has 17 heavy (non-hydrogen) atoms. The summed E-state index contributed by atoms with van der Waals surface area (Å²) in [6.07, 6.45) is 4.62. The van der Waals surface area contributed by atoms with Crippen LogP contribution in [0.2, 0.25) is 0 Å². The third-order valence-electron chi connectivity index (χ3n) is 2.93. The van der Waals surface area contributed by atoms with Crippen LogP contribution >= 0.6 is 0 Å². The van der Waals surface area contributed by atoms with Crippen molar-refractivity contribution in [1.82, 2.24) is 9.78 Å². The Bertz CT molecular complexity index is 353. The third kappa shape index (κ3) is 2.79. The first-order valence-electron chi connectivity index (χ1n) is 6.23. The number of rotatable bonds is 6. The fourth-order valence-electron chi connectivity index (χ4n) is 2.02. The van der Waals surface area contributed by atoms with Crippen molar-refractivity contribution in [3.8, 4) is 5.75 Å². The van der Waals surface area contributed by atoms with Crippen LogP contribution in [0, 0.1) is 0 Å². The van der Waals surface area contributed by atoms with E-state index in [0.29, 0.717) is 13.0 Å². The molecule has 2 rings (SSSR count). The van der Waals surface area contributed by atoms with E-state index in [1.165, 1.54) is 0 Å². The maximum absolute atomic E-state index is 9.55. The van der Waals surface area contributed by atoms with Gasteiger partial charge in [-0.3, -0.25) is 4.68 Å². The van der Waals surface area contributed by atoms with E-state index in [-0.39, 0.29) is 12.2 Å². The number of ether oxygens (including phenoxy) is 2. The zero-order valence-electron chi connectivity index (χ0n) is 10.4. The van der Waals surface area contributed by atoms with E-state index in [1.807, 2.05) is 17.8 Å². The van der Waals surface area contributed by atoms with Crippen molar-refractivity contribution in [3.05, 3.63) is 12.4 Å². The van der Waals surface area contributed by atoms with Crippen LogP contribution in [0.4, 0.5) is 0 Å². The third-order valence-corrected chi connectivity index (χ3v) is 2.93. The summed E-state index contributed by atoms with van der Waals surface area (Å²) >= 11 is 0. The van der Waals surface area contributed by atoms with Crippen LogP contribution < -0.4 is 4.74 Å². The number of aryl methyl sites for hydroxylation is 1. The average Bonchev–Trinajstić information content (AvgIpc) is 2.74. The Morgan fingerprint density at radius 2 is 2.35 bits per heavy atom. The van der Waals surface area contributed by atoms with Crippen molar-refractivity contribution in [2.75, 3.05) is 6.61 Å². The summed E-state index contributed by atoms with van der Waals surface area (Å²) in [7, 11) is 0. The Morgan fingerprint density at radius 3 is 3.00 bits per heavy atom. The molecule has 1 aromatic heterocycles. The van der Waals surface area contributed by atoms with Gasteiger partial charge in [0.25, 0.3) is 0 Å². The summed E-state index contributed by atoms with van der Waals surface area (Å²) in [6, 6.07) is 0. The summed E-state index contributed by atoms with van der Waals surface area (Å²) in [5, 5.41) is 13.7. The van der Waals surface area contributed by atoms with Gasteiger partial charge in [-0.1, -0.05) is 6.92 Å². The van der Waals surface area contributed by atoms with Crippen LogP contribution in [0.5, 0.6) is 5.75 Å². The van der Waals surface area contributed by atoms with Gasteiger partial charge in [0.2, 0.25) is 0 Å². The maximum atomic E-state index is 9.55. The van der Waals surface area contributed by atoms with E-state index in [1.54, 1.807) is 6.20 Å². The van der Waals surface area contributed by atoms with Crippen LogP contribution in [-0.2, 0) is 11.3 Å². The van der Waals surface area contributed by atoms with Crippen molar-refractivity contribution in [3.63, 3.8) is 0 Å². The first kappa shape index (κ1) is 12.4. The summed E-state index contributed by atoms with van der Waals surface area (Å²) < 4.78 is 13.0. The van der Waals surface area contributed by atoms with Gasteiger partial charge >= 0.3 is 0 Å². The second-order valence-corrected chi connectivity index (χ2v) is 4.32. The molecule has 0 aromatic carbocycles. The molecule has 0 radical (unpaired) electrons. The molecule has 0 bridgehead atoms. The molecule has 0 spiro atoms. The molecule has 0 amide bonds. The molecular formula is C12H20N2O3. The molecule has 0 saturated heterocycles. The van der Waals surface area contributed by atoms with Gasteiger partial charge in [-0.25, -0.2) is 0 Å². The van der Waals surface area contributed by atoms with E-state index < -0.39 is 6.10 Å². The van der Waals surface area contributed by atoms with Gasteiger partial charge in [0, 0.05) is 19.6 Å². The lowest BCUT2D eigenvalue weighted by molar-refractivity contribution is -0.160. The van der Waals surface area contributed by atoms with Gasteiger partial charge in [-0.2, -0.15) is 5.10 Å². The minimum Gasteiger partial charge on any atom is -0.484 e. The second-order valence-electron chi connectivity index (χ2n) is 4.32. The number of nitrogens with zero attached hydrogens (tertiary/aromatic N) is 2. The Morgan fingerprint density at radius 1 is 1.53 bits per heavy atom. The van der Waals surface area contributed by atoms with E-state index in [2.05, 4.69) is 12.0 Å². The molecule has 1 heterocycles. The molecule has 3 atom stereocenters. The predicted octanol–water partition coefficient (Wildman–Crippen LogP) is 1.21. The second kappa shape index (κ2) is 5.51. The molecule has 5 nitrogen and oxygen atoms in total. The number of aromatic nitrogens is 2. The zero-order valence-corrected chi connectivity index (χ0v) is 10.4. The standard InChI is InChI=1S/C12H20N2O3/c1-3-5-14-8-9(7-13-14)17-11-6-10(15)12(11)16-4-2/h7-8,10-12,15H,3-6H2,1-2H3. The number of hydrogen-bond acceptors (Lipinski definition) is 4. The lowest BCUT2D eigenvalue weighted by Crippen LogP contribution is -2.55. The first-order chi connectivity index (χ1) is 8.24. The summed E-state index contributed by atoms with van der Waals surface area (Å²) in [5.41, 5.74) is 0. The minimum atomic E-state index is -0.398. The van der Waals surface area contributed by atoms with Crippen LogP contribution in [-0.4, -0.2) is 39.8 Å². The van der Waals surface area contributed by atoms with Gasteiger partial charge < -0.3 is 14.6 Å². The topological polar surface area (TPSA) is 56.5 Å². The molecule has 1 saturated carbocycles. The molecule has 1 fully saturated rings. The van der Waals surface area contributed by atoms with E-state index in [0.717, 1.165) is 18.7 Å². The Balaban J connectivity index is 1.87. The number of hydrogen-bond donors (Lipinski definition) is 1. The quantitative estimate of drug-likeness (QED) is 0.812. The molecule has 1 aromatic rings. The molecule has 5 heteroatoms. The van der Waals surface area contributed by atoms with E-state index in [4.69, 9.17) is 9.47 Å². The molecule has 1 aliphatic carbocycles. The molecule has 1 aliphatic rings. The van der Waals surface area contributed by atoms with E-state index in [9.17, 15) is 5.11 Å². The van der Waals surface area contributed by atoms with Crippen molar-refractivity contribution in [1.29, 1.82) is 0 Å². The van der Waals surface area contributed by atoms with Crippen LogP contribution in [0.25, 0.3) is 0 Å². The highest BCUT2D eigenvalue weighted by Gasteiger charge is 2.42. The zero-order chi connectivity index (χ0) is 12.3. The predicted molar refractivity (Wildman–Crippen MR) is 63.0 cm³/mol. The molecule has 96 valence electrons. The highest BCUT2D eigenvalue weighted by Crippen LogP contribution is 2.28. The SMILES string of the molecule is CCCn1cc(OC2CC(O)C2OCC)cn1. The maximum Gasteiger partial charge on any atom is 0.157 e. The lowest BCUT2D eigenvalue weighted by Gasteiger charge is -2.40. The summed E-state index contributed by atoms with van der Waals surface area (Å²) in [6.45, 7) is 5.51. The van der Waals surface area contributed by atoms with E-state index >= 15 is 0 Å². The van der Waals surface area contributed by atoms with Crippen LogP contribution in [0.3, 0.4) is 0 Å². The minimum absolute atomic E-state index is 0.0516. The van der Waals surface area contributed by atoms with Gasteiger partial charge in [0.1, 0.15) is 12.2 Å². The van der Waals surface area contributed by atoms with Crippen molar-refractivity contribution in [2.24, 2.45) is 0 Å². The molecule has 3 unspecified atom stereocenters. The summed E-state index contributed by atoms with van der Waals surface area (Å²) in [5.74, 6) is 0.750.